The molecule has 1 aromatic carbocycles. The number of ether oxygens (including phenoxy) is 1. The Kier molecular flexibility index (Phi) is 2.10. The predicted octanol–water partition coefficient (Wildman–Crippen LogP) is 1.51. The molecule has 0 aliphatic carbocycles. The smallest absolute Gasteiger partial charge is 0.168 e. The lowest BCUT2D eigenvalue weighted by atomic mass is 9.97. The van der Waals surface area contributed by atoms with Crippen LogP contribution in [0.15, 0.2) is 24.3 Å². The fourth-order valence-corrected chi connectivity index (χ4v) is 1.49. The van der Waals surface area contributed by atoms with Crippen molar-refractivity contribution in [1.29, 1.82) is 0 Å². The normalized spacial score (nSPS) is 22.2. The van der Waals surface area contributed by atoms with Crippen LogP contribution in [0, 0.1) is 5.82 Å². The second-order valence-corrected chi connectivity index (χ2v) is 3.06. The maximum absolute atomic E-state index is 13.2. The van der Waals surface area contributed by atoms with E-state index in [2.05, 4.69) is 0 Å². The third-order valence-electron chi connectivity index (χ3n) is 2.20. The van der Waals surface area contributed by atoms with E-state index in [1.807, 2.05) is 0 Å². The van der Waals surface area contributed by atoms with Crippen LogP contribution in [0.3, 0.4) is 0 Å². The molecule has 68 valence electrons. The summed E-state index contributed by atoms with van der Waals surface area (Å²) in [5, 5.41) is 0. The molecule has 0 N–H and O–H groups in total. The largest absolute Gasteiger partial charge is 0.373 e. The predicted molar refractivity (Wildman–Crippen MR) is 45.0 cm³/mol. The highest BCUT2D eigenvalue weighted by molar-refractivity contribution is 5.88. The fourth-order valence-electron chi connectivity index (χ4n) is 1.49. The standard InChI is InChI=1S/C10H9FO2/c11-9-4-2-1-3-7(9)8-5-13-6-10(8)12/h1-4,8H,5-6H2. The van der Waals surface area contributed by atoms with Gasteiger partial charge in [0.2, 0.25) is 0 Å². The molecule has 0 amide bonds. The molecule has 1 unspecified atom stereocenters. The van der Waals surface area contributed by atoms with Crippen molar-refractivity contribution in [2.75, 3.05) is 13.2 Å². The molecule has 2 nitrogen and oxygen atoms in total. The Bertz CT molecular complexity index is 335. The van der Waals surface area contributed by atoms with E-state index >= 15 is 0 Å². The average molecular weight is 180 g/mol. The van der Waals surface area contributed by atoms with Gasteiger partial charge in [-0.3, -0.25) is 4.79 Å². The first-order chi connectivity index (χ1) is 6.29. The van der Waals surface area contributed by atoms with E-state index in [0.717, 1.165) is 0 Å². The van der Waals surface area contributed by atoms with Crippen LogP contribution in [-0.2, 0) is 9.53 Å². The number of Topliss-reactive ketones (excluding diaryl/α,β-unsaturated/α-hetero) is 1. The second-order valence-electron chi connectivity index (χ2n) is 3.06. The summed E-state index contributed by atoms with van der Waals surface area (Å²) in [6, 6.07) is 6.33. The van der Waals surface area contributed by atoms with Gasteiger partial charge in [-0.1, -0.05) is 18.2 Å². The molecule has 0 bridgehead atoms. The highest BCUT2D eigenvalue weighted by Crippen LogP contribution is 2.24. The summed E-state index contributed by atoms with van der Waals surface area (Å²) in [6.07, 6.45) is 0. The number of carbonyl (C=O) groups is 1. The van der Waals surface area contributed by atoms with Gasteiger partial charge in [-0.25, -0.2) is 4.39 Å². The lowest BCUT2D eigenvalue weighted by Gasteiger charge is -2.06. The van der Waals surface area contributed by atoms with Crippen LogP contribution in [0.1, 0.15) is 11.5 Å². The van der Waals surface area contributed by atoms with Crippen LogP contribution < -0.4 is 0 Å². The molecule has 1 aliphatic rings. The van der Waals surface area contributed by atoms with Crippen molar-refractivity contribution in [2.45, 2.75) is 5.92 Å². The molecule has 13 heavy (non-hydrogen) atoms. The van der Waals surface area contributed by atoms with Gasteiger partial charge in [0.05, 0.1) is 12.5 Å². The zero-order chi connectivity index (χ0) is 9.26. The minimum absolute atomic E-state index is 0.0369. The summed E-state index contributed by atoms with van der Waals surface area (Å²) in [4.78, 5) is 11.2. The van der Waals surface area contributed by atoms with Gasteiger partial charge in [-0.05, 0) is 6.07 Å². The first-order valence-corrected chi connectivity index (χ1v) is 4.14. The molecule has 0 radical (unpaired) electrons. The minimum atomic E-state index is -0.402. The van der Waals surface area contributed by atoms with Gasteiger partial charge in [0.25, 0.3) is 0 Å². The number of rotatable bonds is 1. The summed E-state index contributed by atoms with van der Waals surface area (Å²) in [5.74, 6) is -0.766. The van der Waals surface area contributed by atoms with E-state index < -0.39 is 5.92 Å². The molecule has 0 aromatic heterocycles. The van der Waals surface area contributed by atoms with Gasteiger partial charge in [0.15, 0.2) is 5.78 Å². The monoisotopic (exact) mass is 180 g/mol. The van der Waals surface area contributed by atoms with Crippen molar-refractivity contribution in [2.24, 2.45) is 0 Å². The number of hydrogen-bond donors (Lipinski definition) is 0. The third kappa shape index (κ3) is 1.47. The molecular formula is C10H9FO2. The van der Waals surface area contributed by atoms with Crippen LogP contribution in [0.4, 0.5) is 4.39 Å². The van der Waals surface area contributed by atoms with Gasteiger partial charge in [-0.15, -0.1) is 0 Å². The van der Waals surface area contributed by atoms with Crippen LogP contribution in [0.25, 0.3) is 0 Å². The van der Waals surface area contributed by atoms with E-state index in [1.165, 1.54) is 6.07 Å². The Morgan fingerprint density at radius 3 is 2.77 bits per heavy atom. The van der Waals surface area contributed by atoms with E-state index in [9.17, 15) is 9.18 Å². The quantitative estimate of drug-likeness (QED) is 0.654. The van der Waals surface area contributed by atoms with Gasteiger partial charge in [0, 0.05) is 5.56 Å². The molecule has 3 heteroatoms. The second kappa shape index (κ2) is 3.26. The molecule has 0 spiro atoms. The topological polar surface area (TPSA) is 26.3 Å². The number of ketones is 1. The van der Waals surface area contributed by atoms with Gasteiger partial charge >= 0.3 is 0 Å². The number of carbonyl (C=O) groups excluding carboxylic acids is 1. The van der Waals surface area contributed by atoms with Crippen molar-refractivity contribution in [3.05, 3.63) is 35.6 Å². The zero-order valence-corrected chi connectivity index (χ0v) is 7.00. The average Bonchev–Trinajstić information content (AvgIpc) is 2.52. The maximum atomic E-state index is 13.2. The summed E-state index contributed by atoms with van der Waals surface area (Å²) >= 11 is 0. The third-order valence-corrected chi connectivity index (χ3v) is 2.20. The summed E-state index contributed by atoms with van der Waals surface area (Å²) < 4.78 is 18.2. The molecule has 1 aliphatic heterocycles. The lowest BCUT2D eigenvalue weighted by molar-refractivity contribution is -0.118. The van der Waals surface area contributed by atoms with Crippen molar-refractivity contribution < 1.29 is 13.9 Å². The van der Waals surface area contributed by atoms with Crippen molar-refractivity contribution in [1.82, 2.24) is 0 Å². The van der Waals surface area contributed by atoms with Crippen LogP contribution in [-0.4, -0.2) is 19.0 Å². The maximum Gasteiger partial charge on any atom is 0.168 e. The van der Waals surface area contributed by atoms with E-state index in [-0.39, 0.29) is 18.2 Å². The summed E-state index contributed by atoms with van der Waals surface area (Å²) in [7, 11) is 0. The molecular weight excluding hydrogens is 171 g/mol. The van der Waals surface area contributed by atoms with Gasteiger partial charge in [0.1, 0.15) is 12.4 Å². The Labute approximate surface area is 75.3 Å². The van der Waals surface area contributed by atoms with E-state index in [4.69, 9.17) is 4.74 Å². The number of halogens is 1. The van der Waals surface area contributed by atoms with Crippen LogP contribution in [0.5, 0.6) is 0 Å². The first-order valence-electron chi connectivity index (χ1n) is 4.14. The number of benzene rings is 1. The van der Waals surface area contributed by atoms with Crippen LogP contribution >= 0.6 is 0 Å². The molecule has 1 aromatic rings. The Balaban J connectivity index is 2.34. The zero-order valence-electron chi connectivity index (χ0n) is 7.00. The first kappa shape index (κ1) is 8.38. The highest BCUT2D eigenvalue weighted by Gasteiger charge is 2.28. The summed E-state index contributed by atoms with van der Waals surface area (Å²) in [5.41, 5.74) is 0.449. The van der Waals surface area contributed by atoms with E-state index in [0.29, 0.717) is 12.2 Å². The van der Waals surface area contributed by atoms with Crippen molar-refractivity contribution >= 4 is 5.78 Å². The minimum Gasteiger partial charge on any atom is -0.373 e. The lowest BCUT2D eigenvalue weighted by Crippen LogP contribution is -2.10. The van der Waals surface area contributed by atoms with E-state index in [1.54, 1.807) is 18.2 Å². The molecule has 2 rings (SSSR count). The molecule has 1 heterocycles. The van der Waals surface area contributed by atoms with Gasteiger partial charge < -0.3 is 4.74 Å². The SMILES string of the molecule is O=C1COCC1c1ccccc1F. The van der Waals surface area contributed by atoms with Crippen molar-refractivity contribution in [3.8, 4) is 0 Å². The Hall–Kier alpha value is -1.22. The number of hydrogen-bond acceptors (Lipinski definition) is 2. The highest BCUT2D eigenvalue weighted by atomic mass is 19.1. The molecule has 0 saturated carbocycles. The Morgan fingerprint density at radius 1 is 1.38 bits per heavy atom. The molecule has 1 fully saturated rings. The molecule has 1 atom stereocenters. The van der Waals surface area contributed by atoms with Crippen LogP contribution in [0.2, 0.25) is 0 Å². The fraction of sp³-hybridized carbons (Fsp3) is 0.300. The van der Waals surface area contributed by atoms with Crippen molar-refractivity contribution in [3.63, 3.8) is 0 Å². The molecule has 1 saturated heterocycles. The van der Waals surface area contributed by atoms with Gasteiger partial charge in [-0.2, -0.15) is 0 Å². The Morgan fingerprint density at radius 2 is 2.15 bits per heavy atom. The summed E-state index contributed by atoms with van der Waals surface area (Å²) in [6.45, 7) is 0.415.